The van der Waals surface area contributed by atoms with Crippen LogP contribution in [0.3, 0.4) is 0 Å². The van der Waals surface area contributed by atoms with Gasteiger partial charge in [0.05, 0.1) is 12.8 Å². The molecule has 0 bridgehead atoms. The minimum Gasteiger partial charge on any atom is -0.481 e. The molecule has 116 valence electrons. The molecule has 0 fully saturated rings. The van der Waals surface area contributed by atoms with Crippen molar-refractivity contribution in [2.75, 3.05) is 0 Å². The molecule has 2 N–H and O–H groups in total. The van der Waals surface area contributed by atoms with Gasteiger partial charge in [-0.05, 0) is 25.0 Å². The number of carboxylic acids is 2. The largest absolute Gasteiger partial charge is 0.481 e. The maximum atomic E-state index is 10.3. The summed E-state index contributed by atoms with van der Waals surface area (Å²) < 4.78 is 0. The van der Waals surface area contributed by atoms with Crippen molar-refractivity contribution in [2.45, 2.75) is 26.7 Å². The Morgan fingerprint density at radius 1 is 0.682 bits per heavy atom. The van der Waals surface area contributed by atoms with Gasteiger partial charge in [0.15, 0.2) is 0 Å². The Hall–Kier alpha value is -2.62. The van der Waals surface area contributed by atoms with Crippen molar-refractivity contribution in [3.8, 4) is 0 Å². The molecule has 0 aliphatic heterocycles. The minimum absolute atomic E-state index is 0.111. The first-order valence-electron chi connectivity index (χ1n) is 6.91. The number of carbonyl (C=O) groups is 2. The fraction of sp³-hybridized carbons (Fsp3) is 0.222. The molecule has 2 rings (SSSR count). The first kappa shape index (κ1) is 17.4. The van der Waals surface area contributed by atoms with Crippen molar-refractivity contribution in [3.05, 3.63) is 70.8 Å². The molecule has 0 aromatic heterocycles. The van der Waals surface area contributed by atoms with Crippen LogP contribution in [-0.4, -0.2) is 22.2 Å². The number of aryl methyl sites for hydroxylation is 2. The summed E-state index contributed by atoms with van der Waals surface area (Å²) >= 11 is 0. The molecule has 0 saturated heterocycles. The standard InChI is InChI=1S/2C9H10O2/c2*1-7-2-4-8(5-3-7)6-9(10)11/h2*2-5H,6H2,1H3,(H,10,11). The Labute approximate surface area is 130 Å². The molecule has 0 radical (unpaired) electrons. The highest BCUT2D eigenvalue weighted by Gasteiger charge is 1.98. The van der Waals surface area contributed by atoms with E-state index in [1.807, 2.05) is 62.4 Å². The van der Waals surface area contributed by atoms with E-state index in [2.05, 4.69) is 0 Å². The highest BCUT2D eigenvalue weighted by atomic mass is 16.4. The van der Waals surface area contributed by atoms with Crippen molar-refractivity contribution in [3.63, 3.8) is 0 Å². The third-order valence-corrected chi connectivity index (χ3v) is 2.95. The van der Waals surface area contributed by atoms with Crippen molar-refractivity contribution in [2.24, 2.45) is 0 Å². The van der Waals surface area contributed by atoms with Crippen molar-refractivity contribution in [1.82, 2.24) is 0 Å². The van der Waals surface area contributed by atoms with Crippen LogP contribution in [0.4, 0.5) is 0 Å². The minimum atomic E-state index is -0.783. The van der Waals surface area contributed by atoms with E-state index >= 15 is 0 Å². The molecule has 0 amide bonds. The van der Waals surface area contributed by atoms with Crippen LogP contribution in [0, 0.1) is 13.8 Å². The average Bonchev–Trinajstić information content (AvgIpc) is 2.44. The SMILES string of the molecule is Cc1ccc(CC(=O)O)cc1.Cc1ccc(CC(=O)O)cc1. The van der Waals surface area contributed by atoms with Gasteiger partial charge in [0.25, 0.3) is 0 Å². The van der Waals surface area contributed by atoms with Crippen LogP contribution in [0.5, 0.6) is 0 Å². The maximum absolute atomic E-state index is 10.3. The summed E-state index contributed by atoms with van der Waals surface area (Å²) in [4.78, 5) is 20.5. The van der Waals surface area contributed by atoms with Crippen LogP contribution < -0.4 is 0 Å². The molecular formula is C18H20O4. The zero-order chi connectivity index (χ0) is 16.5. The zero-order valence-electron chi connectivity index (χ0n) is 12.7. The molecule has 0 unspecified atom stereocenters. The van der Waals surface area contributed by atoms with E-state index in [9.17, 15) is 9.59 Å². The molecule has 0 spiro atoms. The van der Waals surface area contributed by atoms with Gasteiger partial charge in [-0.25, -0.2) is 0 Å². The summed E-state index contributed by atoms with van der Waals surface area (Å²) in [6, 6.07) is 15.0. The molecule has 2 aromatic rings. The van der Waals surface area contributed by atoms with E-state index in [0.29, 0.717) is 0 Å². The van der Waals surface area contributed by atoms with Gasteiger partial charge >= 0.3 is 11.9 Å². The van der Waals surface area contributed by atoms with Crippen LogP contribution in [-0.2, 0) is 22.4 Å². The van der Waals surface area contributed by atoms with Gasteiger partial charge in [0.1, 0.15) is 0 Å². The lowest BCUT2D eigenvalue weighted by Crippen LogP contribution is -1.99. The Morgan fingerprint density at radius 3 is 1.18 bits per heavy atom. The molecule has 4 heteroatoms. The Morgan fingerprint density at radius 2 is 0.955 bits per heavy atom. The Bertz CT molecular complexity index is 555. The van der Waals surface area contributed by atoms with E-state index in [4.69, 9.17) is 10.2 Å². The van der Waals surface area contributed by atoms with Crippen LogP contribution in [0.25, 0.3) is 0 Å². The predicted molar refractivity (Wildman–Crippen MR) is 85.0 cm³/mol. The molecule has 0 aliphatic carbocycles. The molecule has 0 aliphatic rings. The quantitative estimate of drug-likeness (QED) is 0.909. The van der Waals surface area contributed by atoms with E-state index in [1.165, 1.54) is 0 Å². The smallest absolute Gasteiger partial charge is 0.307 e. The molecule has 0 atom stereocenters. The Kier molecular flexibility index (Phi) is 6.83. The van der Waals surface area contributed by atoms with Gasteiger partial charge in [-0.15, -0.1) is 0 Å². The fourth-order valence-corrected chi connectivity index (χ4v) is 1.76. The number of hydrogen-bond acceptors (Lipinski definition) is 2. The van der Waals surface area contributed by atoms with Gasteiger partial charge < -0.3 is 10.2 Å². The summed E-state index contributed by atoms with van der Waals surface area (Å²) in [5.74, 6) is -1.57. The lowest BCUT2D eigenvalue weighted by molar-refractivity contribution is -0.137. The monoisotopic (exact) mass is 300 g/mol. The molecule has 4 nitrogen and oxygen atoms in total. The number of hydrogen-bond donors (Lipinski definition) is 2. The summed E-state index contributed by atoms with van der Waals surface area (Å²) in [5.41, 5.74) is 4.00. The van der Waals surface area contributed by atoms with E-state index in [0.717, 1.165) is 22.3 Å². The van der Waals surface area contributed by atoms with Crippen LogP contribution >= 0.6 is 0 Å². The van der Waals surface area contributed by atoms with E-state index in [1.54, 1.807) is 0 Å². The topological polar surface area (TPSA) is 74.6 Å². The lowest BCUT2D eigenvalue weighted by Gasteiger charge is -1.96. The van der Waals surface area contributed by atoms with Crippen molar-refractivity contribution >= 4 is 11.9 Å². The number of carboxylic acid groups (broad SMARTS) is 2. The van der Waals surface area contributed by atoms with Gasteiger partial charge in [-0.1, -0.05) is 59.7 Å². The van der Waals surface area contributed by atoms with Gasteiger partial charge in [-0.3, -0.25) is 9.59 Å². The van der Waals surface area contributed by atoms with Crippen molar-refractivity contribution in [1.29, 1.82) is 0 Å². The molecular weight excluding hydrogens is 280 g/mol. The molecule has 0 saturated carbocycles. The van der Waals surface area contributed by atoms with E-state index in [-0.39, 0.29) is 12.8 Å². The Balaban J connectivity index is 0.000000220. The van der Waals surface area contributed by atoms with E-state index < -0.39 is 11.9 Å². The highest BCUT2D eigenvalue weighted by Crippen LogP contribution is 2.04. The lowest BCUT2D eigenvalue weighted by atomic mass is 10.1. The van der Waals surface area contributed by atoms with Gasteiger partial charge in [-0.2, -0.15) is 0 Å². The average molecular weight is 300 g/mol. The van der Waals surface area contributed by atoms with Gasteiger partial charge in [0, 0.05) is 0 Å². The first-order chi connectivity index (χ1) is 10.4. The molecule has 2 aromatic carbocycles. The maximum Gasteiger partial charge on any atom is 0.307 e. The first-order valence-corrected chi connectivity index (χ1v) is 6.91. The second-order valence-corrected chi connectivity index (χ2v) is 5.11. The third kappa shape index (κ3) is 7.24. The summed E-state index contributed by atoms with van der Waals surface area (Å²) in [6.07, 6.45) is 0.223. The second kappa shape index (κ2) is 8.62. The van der Waals surface area contributed by atoms with Gasteiger partial charge in [0.2, 0.25) is 0 Å². The predicted octanol–water partition coefficient (Wildman–Crippen LogP) is 3.24. The number of rotatable bonds is 4. The van der Waals surface area contributed by atoms with Crippen LogP contribution in [0.15, 0.2) is 48.5 Å². The van der Waals surface area contributed by atoms with Crippen molar-refractivity contribution < 1.29 is 19.8 Å². The molecule has 22 heavy (non-hydrogen) atoms. The highest BCUT2D eigenvalue weighted by molar-refractivity contribution is 5.70. The number of benzene rings is 2. The zero-order valence-corrected chi connectivity index (χ0v) is 12.7. The third-order valence-electron chi connectivity index (χ3n) is 2.95. The van der Waals surface area contributed by atoms with Crippen LogP contribution in [0.2, 0.25) is 0 Å². The second-order valence-electron chi connectivity index (χ2n) is 5.11. The van der Waals surface area contributed by atoms with Crippen LogP contribution in [0.1, 0.15) is 22.3 Å². The summed E-state index contributed by atoms with van der Waals surface area (Å²) in [7, 11) is 0. The fourth-order valence-electron chi connectivity index (χ4n) is 1.76. The summed E-state index contributed by atoms with van der Waals surface area (Å²) in [6.45, 7) is 3.95. The normalized spacial score (nSPS) is 9.55. The molecule has 0 heterocycles. The summed E-state index contributed by atoms with van der Waals surface area (Å²) in [5, 5.41) is 16.9. The number of aliphatic carboxylic acids is 2.